The summed E-state index contributed by atoms with van der Waals surface area (Å²) in [6, 6.07) is 11.2. The van der Waals surface area contributed by atoms with Crippen LogP contribution in [0.2, 0.25) is 0 Å². The third kappa shape index (κ3) is 3.67. The number of methoxy groups -OCH3 is 3. The Labute approximate surface area is 169 Å². The van der Waals surface area contributed by atoms with Gasteiger partial charge in [-0.15, -0.1) is 0 Å². The molecule has 1 N–H and O–H groups in total. The zero-order valence-electron chi connectivity index (χ0n) is 16.8. The molecule has 0 atom stereocenters. The van der Waals surface area contributed by atoms with Crippen LogP contribution < -0.4 is 14.2 Å². The van der Waals surface area contributed by atoms with Crippen molar-refractivity contribution in [2.75, 3.05) is 21.3 Å². The summed E-state index contributed by atoms with van der Waals surface area (Å²) in [4.78, 5) is 16.3. The van der Waals surface area contributed by atoms with Gasteiger partial charge in [-0.05, 0) is 24.1 Å². The molecule has 0 aliphatic rings. The lowest BCUT2D eigenvalue weighted by molar-refractivity contribution is 0.104. The van der Waals surface area contributed by atoms with Crippen LogP contribution in [0, 0.1) is 11.3 Å². The second kappa shape index (κ2) is 8.53. The third-order valence-electron chi connectivity index (χ3n) is 4.83. The summed E-state index contributed by atoms with van der Waals surface area (Å²) in [5.41, 5.74) is 3.04. The van der Waals surface area contributed by atoms with Gasteiger partial charge in [-0.25, -0.2) is 0 Å². The van der Waals surface area contributed by atoms with E-state index in [0.29, 0.717) is 28.4 Å². The van der Waals surface area contributed by atoms with Gasteiger partial charge in [0.1, 0.15) is 17.4 Å². The average Bonchev–Trinajstić information content (AvgIpc) is 3.20. The molecular weight excluding hydrogens is 368 g/mol. The molecule has 0 unspecified atom stereocenters. The Morgan fingerprint density at radius 1 is 1.10 bits per heavy atom. The second-order valence-electron chi connectivity index (χ2n) is 6.34. The number of hydrogen-bond acceptors (Lipinski definition) is 5. The summed E-state index contributed by atoms with van der Waals surface area (Å²) >= 11 is 0. The van der Waals surface area contributed by atoms with E-state index in [-0.39, 0.29) is 11.4 Å². The number of hydrogen-bond donors (Lipinski definition) is 1. The summed E-state index contributed by atoms with van der Waals surface area (Å²) in [7, 11) is 4.56. The number of para-hydroxylation sites is 1. The summed E-state index contributed by atoms with van der Waals surface area (Å²) < 4.78 is 16.0. The van der Waals surface area contributed by atoms with Crippen molar-refractivity contribution in [2.24, 2.45) is 0 Å². The molecule has 0 aliphatic heterocycles. The Kier molecular flexibility index (Phi) is 5.89. The minimum Gasteiger partial charge on any atom is -0.496 e. The van der Waals surface area contributed by atoms with Crippen molar-refractivity contribution in [3.05, 3.63) is 58.8 Å². The maximum absolute atomic E-state index is 13.1. The highest BCUT2D eigenvalue weighted by Crippen LogP contribution is 2.36. The number of ether oxygens (including phenoxy) is 3. The van der Waals surface area contributed by atoms with Gasteiger partial charge in [0, 0.05) is 34.3 Å². The average molecular weight is 390 g/mol. The number of fused-ring (bicyclic) bond motifs is 1. The normalized spacial score (nSPS) is 11.2. The summed E-state index contributed by atoms with van der Waals surface area (Å²) in [5, 5.41) is 10.5. The van der Waals surface area contributed by atoms with Crippen molar-refractivity contribution in [3.8, 4) is 23.3 Å². The van der Waals surface area contributed by atoms with Gasteiger partial charge in [-0.1, -0.05) is 25.1 Å². The van der Waals surface area contributed by atoms with E-state index in [0.717, 1.165) is 22.9 Å². The minimum atomic E-state index is -0.358. The molecule has 3 rings (SSSR count). The molecule has 1 aromatic heterocycles. The largest absolute Gasteiger partial charge is 0.496 e. The van der Waals surface area contributed by atoms with Crippen molar-refractivity contribution >= 4 is 22.8 Å². The molecule has 0 amide bonds. The van der Waals surface area contributed by atoms with Gasteiger partial charge < -0.3 is 19.2 Å². The van der Waals surface area contributed by atoms with Gasteiger partial charge in [0.05, 0.1) is 21.3 Å². The number of nitriles is 1. The number of carbonyl (C=O) groups is 1. The maximum atomic E-state index is 13.1. The van der Waals surface area contributed by atoms with Crippen LogP contribution in [0.5, 0.6) is 17.2 Å². The fourth-order valence-electron chi connectivity index (χ4n) is 3.31. The highest BCUT2D eigenvalue weighted by Gasteiger charge is 2.19. The third-order valence-corrected chi connectivity index (χ3v) is 4.83. The Morgan fingerprint density at radius 2 is 1.79 bits per heavy atom. The molecule has 0 fully saturated rings. The van der Waals surface area contributed by atoms with Gasteiger partial charge in [0.25, 0.3) is 0 Å². The monoisotopic (exact) mass is 390 g/mol. The molecule has 0 bridgehead atoms. The van der Waals surface area contributed by atoms with Gasteiger partial charge in [-0.2, -0.15) is 5.26 Å². The van der Waals surface area contributed by atoms with E-state index in [2.05, 4.69) is 11.9 Å². The van der Waals surface area contributed by atoms with E-state index < -0.39 is 0 Å². The van der Waals surface area contributed by atoms with E-state index in [9.17, 15) is 10.1 Å². The highest BCUT2D eigenvalue weighted by atomic mass is 16.5. The lowest BCUT2D eigenvalue weighted by Gasteiger charge is -2.12. The quantitative estimate of drug-likeness (QED) is 0.364. The zero-order chi connectivity index (χ0) is 21.0. The van der Waals surface area contributed by atoms with E-state index >= 15 is 0 Å². The number of nitrogens with one attached hydrogen (secondary N) is 1. The Morgan fingerprint density at radius 3 is 2.41 bits per heavy atom. The Hall–Kier alpha value is -3.72. The first-order valence-corrected chi connectivity index (χ1v) is 9.13. The van der Waals surface area contributed by atoms with Crippen LogP contribution in [0.1, 0.15) is 28.4 Å². The molecule has 29 heavy (non-hydrogen) atoms. The fourth-order valence-corrected chi connectivity index (χ4v) is 3.31. The number of H-pyrrole nitrogens is 1. The smallest absolute Gasteiger partial charge is 0.205 e. The first kappa shape index (κ1) is 20.0. The number of aromatic nitrogens is 1. The molecule has 0 radical (unpaired) electrons. The van der Waals surface area contributed by atoms with Crippen molar-refractivity contribution < 1.29 is 19.0 Å². The number of ketones is 1. The highest BCUT2D eigenvalue weighted by molar-refractivity contribution is 6.20. The van der Waals surface area contributed by atoms with Gasteiger partial charge >= 0.3 is 0 Å². The maximum Gasteiger partial charge on any atom is 0.205 e. The molecule has 2 aromatic carbocycles. The Balaban J connectivity index is 2.10. The van der Waals surface area contributed by atoms with Crippen LogP contribution in [-0.2, 0) is 6.42 Å². The minimum absolute atomic E-state index is 0.00155. The molecule has 6 nitrogen and oxygen atoms in total. The predicted molar refractivity (Wildman–Crippen MR) is 112 cm³/mol. The number of Topliss-reactive ketones (excluding diaryl/α,β-unsaturated/α-hetero) is 1. The summed E-state index contributed by atoms with van der Waals surface area (Å²) in [6.07, 6.45) is 4.00. The van der Waals surface area contributed by atoms with Crippen LogP contribution in [0.15, 0.2) is 42.1 Å². The lowest BCUT2D eigenvalue weighted by Crippen LogP contribution is -2.02. The van der Waals surface area contributed by atoms with Gasteiger partial charge in [0.2, 0.25) is 5.78 Å². The molecule has 3 aromatic rings. The number of allylic oxidation sites excluding steroid dienone is 1. The van der Waals surface area contributed by atoms with Crippen LogP contribution in [-0.4, -0.2) is 32.1 Å². The number of benzene rings is 2. The zero-order valence-corrected chi connectivity index (χ0v) is 16.8. The van der Waals surface area contributed by atoms with E-state index in [1.165, 1.54) is 27.4 Å². The predicted octanol–water partition coefficient (Wildman–Crippen LogP) is 4.55. The fraction of sp³-hybridized carbons (Fsp3) is 0.217. The molecule has 0 aliphatic carbocycles. The number of aryl methyl sites for hydroxylation is 1. The van der Waals surface area contributed by atoms with Gasteiger partial charge in [0.15, 0.2) is 11.5 Å². The van der Waals surface area contributed by atoms with Gasteiger partial charge in [-0.3, -0.25) is 4.79 Å². The molecule has 6 heteroatoms. The number of aromatic amines is 1. The van der Waals surface area contributed by atoms with Crippen LogP contribution >= 0.6 is 0 Å². The van der Waals surface area contributed by atoms with E-state index in [4.69, 9.17) is 14.2 Å². The first-order chi connectivity index (χ1) is 14.1. The number of rotatable bonds is 7. The molecule has 0 saturated heterocycles. The van der Waals surface area contributed by atoms with E-state index in [1.807, 2.05) is 24.3 Å². The van der Waals surface area contributed by atoms with Crippen LogP contribution in [0.25, 0.3) is 17.0 Å². The topological polar surface area (TPSA) is 84.3 Å². The van der Waals surface area contributed by atoms with Crippen LogP contribution in [0.4, 0.5) is 0 Å². The summed E-state index contributed by atoms with van der Waals surface area (Å²) in [5.74, 6) is 1.08. The van der Waals surface area contributed by atoms with Crippen molar-refractivity contribution in [1.29, 1.82) is 5.26 Å². The standard InChI is InChI=1S/C23H22N2O4/c1-5-14-7-6-8-17-18(13-25-22(14)17)23(26)16(12-24)9-15-10-20(28-3)21(29-4)11-19(15)27-2/h6-11,13,25H,5H2,1-4H3/b16-9+. The lowest BCUT2D eigenvalue weighted by atomic mass is 9.99. The van der Waals surface area contributed by atoms with Crippen molar-refractivity contribution in [1.82, 2.24) is 4.98 Å². The molecule has 0 saturated carbocycles. The first-order valence-electron chi connectivity index (χ1n) is 9.13. The van der Waals surface area contributed by atoms with Crippen molar-refractivity contribution in [3.63, 3.8) is 0 Å². The Bertz CT molecular complexity index is 1140. The molecule has 0 spiro atoms. The number of carbonyl (C=O) groups excluding carboxylic acids is 1. The molecular formula is C23H22N2O4. The molecule has 1 heterocycles. The summed E-state index contributed by atoms with van der Waals surface area (Å²) in [6.45, 7) is 2.06. The number of nitrogens with zero attached hydrogens (tertiary/aromatic N) is 1. The van der Waals surface area contributed by atoms with E-state index in [1.54, 1.807) is 18.3 Å². The van der Waals surface area contributed by atoms with Crippen molar-refractivity contribution in [2.45, 2.75) is 13.3 Å². The second-order valence-corrected chi connectivity index (χ2v) is 6.34. The van der Waals surface area contributed by atoms with Crippen LogP contribution in [0.3, 0.4) is 0 Å². The SMILES string of the molecule is CCc1cccc2c(C(=O)/C(C#N)=C/c3cc(OC)c(OC)cc3OC)c[nH]c12. The molecule has 148 valence electrons.